The van der Waals surface area contributed by atoms with Crippen molar-refractivity contribution in [2.75, 3.05) is 5.32 Å². The topological polar surface area (TPSA) is 113 Å². The van der Waals surface area contributed by atoms with Gasteiger partial charge in [-0.2, -0.15) is 0 Å². The first-order valence-electron chi connectivity index (χ1n) is 11.2. The summed E-state index contributed by atoms with van der Waals surface area (Å²) in [5.41, 5.74) is 2.83. The molecule has 3 aromatic rings. The van der Waals surface area contributed by atoms with Gasteiger partial charge < -0.3 is 15.7 Å². The van der Waals surface area contributed by atoms with Crippen LogP contribution in [-0.2, 0) is 11.3 Å². The van der Waals surface area contributed by atoms with E-state index in [2.05, 4.69) is 15.6 Å². The van der Waals surface area contributed by atoms with Crippen LogP contribution < -0.4 is 16.2 Å². The number of urea groups is 1. The van der Waals surface area contributed by atoms with E-state index in [1.807, 2.05) is 63.2 Å². The van der Waals surface area contributed by atoms with E-state index in [9.17, 15) is 19.5 Å². The number of nitrogens with zero attached hydrogens (tertiary/aromatic N) is 2. The third-order valence-electron chi connectivity index (χ3n) is 5.52. The Hall–Kier alpha value is -3.94. The van der Waals surface area contributed by atoms with Crippen molar-refractivity contribution in [3.05, 3.63) is 93.2 Å². The van der Waals surface area contributed by atoms with Crippen molar-refractivity contribution < 1.29 is 14.7 Å². The number of carbonyl (C=O) groups excluding carboxylic acids is 1. The van der Waals surface area contributed by atoms with Gasteiger partial charge in [0.15, 0.2) is 0 Å². The number of hydrogen-bond acceptors (Lipinski definition) is 4. The lowest BCUT2D eigenvalue weighted by molar-refractivity contribution is -0.137. The summed E-state index contributed by atoms with van der Waals surface area (Å²) in [7, 11) is 0. The average molecular weight is 463 g/mol. The minimum Gasteiger partial charge on any atom is -0.481 e. The lowest BCUT2D eigenvalue weighted by Gasteiger charge is -2.21. The number of nitrogens with one attached hydrogen (secondary N) is 2. The van der Waals surface area contributed by atoms with Crippen molar-refractivity contribution in [1.82, 2.24) is 14.9 Å². The molecule has 8 heteroatoms. The van der Waals surface area contributed by atoms with Gasteiger partial charge >= 0.3 is 12.0 Å². The monoisotopic (exact) mass is 462 g/mol. The Kier molecular flexibility index (Phi) is 7.83. The first-order chi connectivity index (χ1) is 16.2. The van der Waals surface area contributed by atoms with Crippen LogP contribution >= 0.6 is 0 Å². The molecule has 3 N–H and O–H groups in total. The molecule has 34 heavy (non-hydrogen) atoms. The first-order valence-corrected chi connectivity index (χ1v) is 11.2. The van der Waals surface area contributed by atoms with Crippen LogP contribution in [0.5, 0.6) is 0 Å². The van der Waals surface area contributed by atoms with Gasteiger partial charge in [-0.3, -0.25) is 14.2 Å². The van der Waals surface area contributed by atoms with Crippen LogP contribution in [0.2, 0.25) is 0 Å². The Morgan fingerprint density at radius 2 is 1.68 bits per heavy atom. The van der Waals surface area contributed by atoms with Crippen molar-refractivity contribution in [3.8, 4) is 0 Å². The molecule has 0 unspecified atom stereocenters. The zero-order valence-electron chi connectivity index (χ0n) is 19.8. The molecule has 0 spiro atoms. The molecular formula is C26H30N4O4. The fourth-order valence-corrected chi connectivity index (χ4v) is 3.70. The summed E-state index contributed by atoms with van der Waals surface area (Å²) < 4.78 is 1.52. The van der Waals surface area contributed by atoms with Gasteiger partial charge in [0.25, 0.3) is 5.56 Å². The van der Waals surface area contributed by atoms with Crippen molar-refractivity contribution in [1.29, 1.82) is 0 Å². The molecule has 1 aromatic heterocycles. The summed E-state index contributed by atoms with van der Waals surface area (Å²) >= 11 is 0. The maximum absolute atomic E-state index is 13.4. The number of carboxylic acid groups (broad SMARTS) is 1. The predicted octanol–water partition coefficient (Wildman–Crippen LogP) is 4.37. The fraction of sp³-hybridized carbons (Fsp3) is 0.308. The average Bonchev–Trinajstić information content (AvgIpc) is 2.78. The van der Waals surface area contributed by atoms with Gasteiger partial charge in [0.05, 0.1) is 24.7 Å². The Bertz CT molecular complexity index is 1220. The Morgan fingerprint density at radius 3 is 2.26 bits per heavy atom. The van der Waals surface area contributed by atoms with Crippen LogP contribution in [0.15, 0.2) is 59.4 Å². The van der Waals surface area contributed by atoms with Gasteiger partial charge in [0.1, 0.15) is 11.5 Å². The minimum atomic E-state index is -1.05. The van der Waals surface area contributed by atoms with E-state index < -0.39 is 18.0 Å². The first kappa shape index (κ1) is 24.7. The number of carboxylic acids is 1. The molecule has 0 fully saturated rings. The summed E-state index contributed by atoms with van der Waals surface area (Å²) in [6.45, 7) is 7.80. The van der Waals surface area contributed by atoms with Crippen LogP contribution in [-0.4, -0.2) is 26.7 Å². The van der Waals surface area contributed by atoms with Gasteiger partial charge in [-0.15, -0.1) is 0 Å². The third kappa shape index (κ3) is 6.10. The van der Waals surface area contributed by atoms with E-state index in [1.54, 1.807) is 19.1 Å². The number of amides is 2. The number of aromatic nitrogens is 2. The van der Waals surface area contributed by atoms with E-state index in [0.717, 1.165) is 11.1 Å². The lowest BCUT2D eigenvalue weighted by Crippen LogP contribution is -2.37. The molecule has 1 heterocycles. The van der Waals surface area contributed by atoms with Crippen LogP contribution in [0.4, 0.5) is 10.5 Å². The molecule has 0 aliphatic rings. The molecule has 1 atom stereocenters. The number of carbonyl (C=O) groups is 2. The zero-order valence-corrected chi connectivity index (χ0v) is 19.8. The summed E-state index contributed by atoms with van der Waals surface area (Å²) in [6.07, 6.45) is -0.294. The summed E-state index contributed by atoms with van der Waals surface area (Å²) in [5.74, 6) is -0.608. The van der Waals surface area contributed by atoms with E-state index in [-0.39, 0.29) is 23.6 Å². The molecule has 8 nitrogen and oxygen atoms in total. The number of benzene rings is 2. The minimum absolute atomic E-state index is 0.0898. The summed E-state index contributed by atoms with van der Waals surface area (Å²) in [4.78, 5) is 42.4. The molecule has 0 aliphatic heterocycles. The highest BCUT2D eigenvalue weighted by molar-refractivity contribution is 5.90. The zero-order chi connectivity index (χ0) is 24.8. The molecule has 0 bridgehead atoms. The van der Waals surface area contributed by atoms with Crippen LogP contribution in [0.1, 0.15) is 60.4 Å². The normalized spacial score (nSPS) is 11.8. The molecule has 0 radical (unpaired) electrons. The van der Waals surface area contributed by atoms with Crippen LogP contribution in [0.25, 0.3) is 0 Å². The maximum atomic E-state index is 13.4. The fourth-order valence-electron chi connectivity index (χ4n) is 3.70. The highest BCUT2D eigenvalue weighted by atomic mass is 16.4. The van der Waals surface area contributed by atoms with Crippen molar-refractivity contribution in [2.45, 2.75) is 52.6 Å². The number of anilines is 1. The van der Waals surface area contributed by atoms with Gasteiger partial charge in [-0.05, 0) is 30.9 Å². The number of rotatable bonds is 8. The van der Waals surface area contributed by atoms with E-state index >= 15 is 0 Å². The lowest BCUT2D eigenvalue weighted by atomic mass is 10.0. The number of aryl methyl sites for hydroxylation is 2. The molecule has 178 valence electrons. The highest BCUT2D eigenvalue weighted by Gasteiger charge is 2.22. The van der Waals surface area contributed by atoms with Gasteiger partial charge in [-0.1, -0.05) is 74.0 Å². The smallest absolute Gasteiger partial charge is 0.319 e. The highest BCUT2D eigenvalue weighted by Crippen LogP contribution is 2.21. The molecule has 2 aromatic carbocycles. The van der Waals surface area contributed by atoms with Crippen molar-refractivity contribution in [3.63, 3.8) is 0 Å². The largest absolute Gasteiger partial charge is 0.481 e. The molecule has 0 saturated carbocycles. The van der Waals surface area contributed by atoms with Gasteiger partial charge in [0, 0.05) is 0 Å². The second kappa shape index (κ2) is 10.8. The van der Waals surface area contributed by atoms with Crippen molar-refractivity contribution >= 4 is 17.7 Å². The van der Waals surface area contributed by atoms with E-state index in [4.69, 9.17) is 0 Å². The standard InChI is InChI=1S/C26H30N4O4/c1-16(2)23-24(25(33)30(18(4)27-23)15-19-8-6-5-7-9-19)29-26(34)28-21(14-22(31)32)20-12-10-17(3)11-13-20/h5-13,16,21H,14-15H2,1-4H3,(H,31,32)(H2,28,29,34)/t21-/m1/s1. The number of aliphatic carboxylic acids is 1. The number of hydrogen-bond donors (Lipinski definition) is 3. The maximum Gasteiger partial charge on any atom is 0.319 e. The SMILES string of the molecule is Cc1ccc([C@@H](CC(=O)O)NC(=O)Nc2c(C(C)C)nc(C)n(Cc3ccccc3)c2=O)cc1. The molecule has 2 amide bonds. The summed E-state index contributed by atoms with van der Waals surface area (Å²) in [6, 6.07) is 15.4. The van der Waals surface area contributed by atoms with E-state index in [1.165, 1.54) is 4.57 Å². The summed E-state index contributed by atoms with van der Waals surface area (Å²) in [5, 5.41) is 14.7. The Labute approximate surface area is 198 Å². The molecule has 0 saturated heterocycles. The van der Waals surface area contributed by atoms with Crippen LogP contribution in [0.3, 0.4) is 0 Å². The molecular weight excluding hydrogens is 432 g/mol. The van der Waals surface area contributed by atoms with E-state index in [0.29, 0.717) is 23.6 Å². The second-order valence-corrected chi connectivity index (χ2v) is 8.61. The van der Waals surface area contributed by atoms with Crippen LogP contribution in [0, 0.1) is 13.8 Å². The van der Waals surface area contributed by atoms with Crippen molar-refractivity contribution in [2.24, 2.45) is 0 Å². The Morgan fingerprint density at radius 1 is 1.03 bits per heavy atom. The molecule has 3 rings (SSSR count). The van der Waals surface area contributed by atoms with Gasteiger partial charge in [-0.25, -0.2) is 9.78 Å². The predicted molar refractivity (Wildman–Crippen MR) is 131 cm³/mol. The Balaban J connectivity index is 1.92. The quantitative estimate of drug-likeness (QED) is 0.460. The second-order valence-electron chi connectivity index (χ2n) is 8.61. The third-order valence-corrected chi connectivity index (χ3v) is 5.52. The van der Waals surface area contributed by atoms with Gasteiger partial charge in [0.2, 0.25) is 0 Å². The molecule has 0 aliphatic carbocycles.